The largest absolute Gasteiger partial charge is 0.342 e. The molecule has 1 heterocycles. The lowest BCUT2D eigenvalue weighted by Gasteiger charge is -2.13. The third-order valence-corrected chi connectivity index (χ3v) is 3.27. The summed E-state index contributed by atoms with van der Waals surface area (Å²) in [5.41, 5.74) is 2.12. The zero-order valence-electron chi connectivity index (χ0n) is 11.9. The molecule has 2 aromatic rings. The molecular weight excluding hydrogens is 252 g/mol. The molecule has 0 aliphatic carbocycles. The summed E-state index contributed by atoms with van der Waals surface area (Å²) in [6, 6.07) is 8.78. The van der Waals surface area contributed by atoms with E-state index in [1.165, 1.54) is 0 Å². The lowest BCUT2D eigenvalue weighted by atomic mass is 10.1. The normalized spacial score (nSPS) is 12.2. The molecule has 0 aliphatic rings. The van der Waals surface area contributed by atoms with Gasteiger partial charge in [-0.3, -0.25) is 14.6 Å². The SMILES string of the molecule is CCC(=O)C(C)NC(=O)c1cc(C)nc2ccccc12. The van der Waals surface area contributed by atoms with Gasteiger partial charge in [-0.05, 0) is 26.0 Å². The number of para-hydroxylation sites is 1. The molecule has 104 valence electrons. The van der Waals surface area contributed by atoms with Crippen LogP contribution in [0.25, 0.3) is 10.9 Å². The fraction of sp³-hybridized carbons (Fsp3) is 0.312. The quantitative estimate of drug-likeness (QED) is 0.929. The van der Waals surface area contributed by atoms with Gasteiger partial charge in [0.05, 0.1) is 17.1 Å². The maximum absolute atomic E-state index is 12.4. The van der Waals surface area contributed by atoms with Crippen molar-refractivity contribution in [3.63, 3.8) is 0 Å². The van der Waals surface area contributed by atoms with Gasteiger partial charge < -0.3 is 5.32 Å². The van der Waals surface area contributed by atoms with Crippen LogP contribution in [0.1, 0.15) is 36.3 Å². The number of ketones is 1. The Morgan fingerprint density at radius 1 is 1.30 bits per heavy atom. The number of aryl methyl sites for hydroxylation is 1. The first-order valence-corrected chi connectivity index (χ1v) is 6.73. The highest BCUT2D eigenvalue weighted by Crippen LogP contribution is 2.18. The molecule has 1 atom stereocenters. The molecule has 20 heavy (non-hydrogen) atoms. The molecule has 0 bridgehead atoms. The number of Topliss-reactive ketones (excluding diaryl/α,β-unsaturated/α-hetero) is 1. The van der Waals surface area contributed by atoms with Crippen molar-refractivity contribution in [2.75, 3.05) is 0 Å². The van der Waals surface area contributed by atoms with E-state index in [4.69, 9.17) is 0 Å². The summed E-state index contributed by atoms with van der Waals surface area (Å²) in [6.45, 7) is 5.35. The molecule has 1 unspecified atom stereocenters. The molecule has 1 amide bonds. The van der Waals surface area contributed by atoms with E-state index in [1.807, 2.05) is 31.2 Å². The smallest absolute Gasteiger partial charge is 0.252 e. The minimum absolute atomic E-state index is 0.0217. The van der Waals surface area contributed by atoms with Crippen LogP contribution in [-0.4, -0.2) is 22.7 Å². The van der Waals surface area contributed by atoms with Crippen molar-refractivity contribution in [1.29, 1.82) is 0 Å². The van der Waals surface area contributed by atoms with Crippen LogP contribution in [0, 0.1) is 6.92 Å². The molecule has 0 saturated heterocycles. The topological polar surface area (TPSA) is 59.1 Å². The molecule has 2 rings (SSSR count). The number of carbonyl (C=O) groups is 2. The Bertz CT molecular complexity index is 665. The summed E-state index contributed by atoms with van der Waals surface area (Å²) in [7, 11) is 0. The van der Waals surface area contributed by atoms with E-state index in [1.54, 1.807) is 19.9 Å². The van der Waals surface area contributed by atoms with Crippen molar-refractivity contribution in [1.82, 2.24) is 10.3 Å². The highest BCUT2D eigenvalue weighted by molar-refractivity contribution is 6.07. The van der Waals surface area contributed by atoms with Gasteiger partial charge in [0, 0.05) is 17.5 Å². The molecule has 0 fully saturated rings. The lowest BCUT2D eigenvalue weighted by molar-refractivity contribution is -0.120. The Kier molecular flexibility index (Phi) is 4.13. The molecule has 0 saturated carbocycles. The number of fused-ring (bicyclic) bond motifs is 1. The predicted octanol–water partition coefficient (Wildman–Crippen LogP) is 2.64. The van der Waals surface area contributed by atoms with Crippen LogP contribution in [0.15, 0.2) is 30.3 Å². The fourth-order valence-corrected chi connectivity index (χ4v) is 2.16. The summed E-state index contributed by atoms with van der Waals surface area (Å²) < 4.78 is 0. The van der Waals surface area contributed by atoms with Crippen molar-refractivity contribution < 1.29 is 9.59 Å². The number of hydrogen-bond acceptors (Lipinski definition) is 3. The summed E-state index contributed by atoms with van der Waals surface area (Å²) in [6.07, 6.45) is 0.414. The highest BCUT2D eigenvalue weighted by Gasteiger charge is 2.17. The number of aromatic nitrogens is 1. The van der Waals surface area contributed by atoms with Crippen molar-refractivity contribution in [3.05, 3.63) is 41.6 Å². The molecule has 4 nitrogen and oxygen atoms in total. The zero-order chi connectivity index (χ0) is 14.7. The maximum atomic E-state index is 12.4. The third kappa shape index (κ3) is 2.85. The molecule has 0 spiro atoms. The van der Waals surface area contributed by atoms with Crippen LogP contribution >= 0.6 is 0 Å². The van der Waals surface area contributed by atoms with Crippen LogP contribution < -0.4 is 5.32 Å². The van der Waals surface area contributed by atoms with Gasteiger partial charge in [-0.2, -0.15) is 0 Å². The summed E-state index contributed by atoms with van der Waals surface area (Å²) in [5, 5.41) is 3.55. The van der Waals surface area contributed by atoms with E-state index in [0.29, 0.717) is 12.0 Å². The third-order valence-electron chi connectivity index (χ3n) is 3.27. The van der Waals surface area contributed by atoms with Gasteiger partial charge in [0.2, 0.25) is 0 Å². The van der Waals surface area contributed by atoms with Gasteiger partial charge in [-0.15, -0.1) is 0 Å². The molecule has 4 heteroatoms. The van der Waals surface area contributed by atoms with Gasteiger partial charge in [-0.1, -0.05) is 25.1 Å². The number of rotatable bonds is 4. The van der Waals surface area contributed by atoms with Crippen molar-refractivity contribution in [2.45, 2.75) is 33.2 Å². The maximum Gasteiger partial charge on any atom is 0.252 e. The number of amides is 1. The monoisotopic (exact) mass is 270 g/mol. The van der Waals surface area contributed by atoms with Crippen LogP contribution in [0.3, 0.4) is 0 Å². The van der Waals surface area contributed by atoms with Gasteiger partial charge in [0.25, 0.3) is 5.91 Å². The first-order valence-electron chi connectivity index (χ1n) is 6.73. The van der Waals surface area contributed by atoms with E-state index in [0.717, 1.165) is 16.6 Å². The van der Waals surface area contributed by atoms with E-state index >= 15 is 0 Å². The second-order valence-electron chi connectivity index (χ2n) is 4.84. The standard InChI is InChI=1S/C16H18N2O2/c1-4-15(19)11(3)18-16(20)13-9-10(2)17-14-8-6-5-7-12(13)14/h5-9,11H,4H2,1-3H3,(H,18,20). The van der Waals surface area contributed by atoms with Crippen LogP contribution in [0.2, 0.25) is 0 Å². The van der Waals surface area contributed by atoms with Crippen LogP contribution in [0.5, 0.6) is 0 Å². The van der Waals surface area contributed by atoms with Gasteiger partial charge in [-0.25, -0.2) is 0 Å². The van der Waals surface area contributed by atoms with E-state index in [-0.39, 0.29) is 11.7 Å². The Morgan fingerprint density at radius 2 is 2.00 bits per heavy atom. The first kappa shape index (κ1) is 14.2. The van der Waals surface area contributed by atoms with Gasteiger partial charge in [0.1, 0.15) is 0 Å². The van der Waals surface area contributed by atoms with E-state index in [9.17, 15) is 9.59 Å². The molecule has 0 radical (unpaired) electrons. The summed E-state index contributed by atoms with van der Waals surface area (Å²) in [4.78, 5) is 28.3. The summed E-state index contributed by atoms with van der Waals surface area (Å²) >= 11 is 0. The molecular formula is C16H18N2O2. The van der Waals surface area contributed by atoms with Crippen molar-refractivity contribution in [3.8, 4) is 0 Å². The number of pyridine rings is 1. The number of nitrogens with one attached hydrogen (secondary N) is 1. The summed E-state index contributed by atoms with van der Waals surface area (Å²) in [5.74, 6) is -0.213. The van der Waals surface area contributed by atoms with Crippen LogP contribution in [0.4, 0.5) is 0 Å². The van der Waals surface area contributed by atoms with Gasteiger partial charge >= 0.3 is 0 Å². The fourth-order valence-electron chi connectivity index (χ4n) is 2.16. The molecule has 0 aliphatic heterocycles. The Morgan fingerprint density at radius 3 is 2.70 bits per heavy atom. The number of hydrogen-bond donors (Lipinski definition) is 1. The minimum atomic E-state index is -0.472. The molecule has 1 aromatic carbocycles. The average Bonchev–Trinajstić information content (AvgIpc) is 2.45. The first-order chi connectivity index (χ1) is 9.52. The van der Waals surface area contributed by atoms with Crippen LogP contribution in [-0.2, 0) is 4.79 Å². The minimum Gasteiger partial charge on any atom is -0.342 e. The molecule has 1 aromatic heterocycles. The second-order valence-corrected chi connectivity index (χ2v) is 4.84. The zero-order valence-corrected chi connectivity index (χ0v) is 11.9. The number of nitrogens with zero attached hydrogens (tertiary/aromatic N) is 1. The number of benzene rings is 1. The lowest BCUT2D eigenvalue weighted by Crippen LogP contribution is -2.38. The Balaban J connectivity index is 2.37. The Labute approximate surface area is 118 Å². The van der Waals surface area contributed by atoms with E-state index in [2.05, 4.69) is 10.3 Å². The molecule has 1 N–H and O–H groups in total. The predicted molar refractivity (Wildman–Crippen MR) is 78.7 cm³/mol. The average molecular weight is 270 g/mol. The van der Waals surface area contributed by atoms with Crippen molar-refractivity contribution >= 4 is 22.6 Å². The highest BCUT2D eigenvalue weighted by atomic mass is 16.2. The van der Waals surface area contributed by atoms with E-state index < -0.39 is 6.04 Å². The van der Waals surface area contributed by atoms with Crippen molar-refractivity contribution in [2.24, 2.45) is 0 Å². The number of carbonyl (C=O) groups excluding carboxylic acids is 2. The van der Waals surface area contributed by atoms with Gasteiger partial charge in [0.15, 0.2) is 5.78 Å². The second kappa shape index (κ2) is 5.82. The Hall–Kier alpha value is -2.23.